The first-order valence-corrected chi connectivity index (χ1v) is 5.58. The summed E-state index contributed by atoms with van der Waals surface area (Å²) in [6, 6.07) is 9.80. The molecule has 0 aliphatic heterocycles. The smallest absolute Gasteiger partial charge is 0.331 e. The largest absolute Gasteiger partial charge is 0.466 e. The summed E-state index contributed by atoms with van der Waals surface area (Å²) in [5, 5.41) is 0. The molecule has 1 aromatic carbocycles. The van der Waals surface area contributed by atoms with Gasteiger partial charge in [0.2, 0.25) is 0 Å². The van der Waals surface area contributed by atoms with Crippen molar-refractivity contribution in [3.63, 3.8) is 0 Å². The molecule has 86 valence electrons. The van der Waals surface area contributed by atoms with Crippen molar-refractivity contribution < 1.29 is 14.3 Å². The van der Waals surface area contributed by atoms with Gasteiger partial charge in [-0.25, -0.2) is 4.79 Å². The molecule has 1 aromatic rings. The van der Waals surface area contributed by atoms with Crippen LogP contribution in [-0.4, -0.2) is 26.8 Å². The van der Waals surface area contributed by atoms with Gasteiger partial charge in [-0.1, -0.05) is 30.0 Å². The van der Waals surface area contributed by atoms with E-state index >= 15 is 0 Å². The lowest BCUT2D eigenvalue weighted by Crippen LogP contribution is -1.99. The van der Waals surface area contributed by atoms with Crippen LogP contribution in [0.1, 0.15) is 0 Å². The molecule has 0 aliphatic rings. The summed E-state index contributed by atoms with van der Waals surface area (Å²) >= 11 is 1.49. The fraction of sp³-hybridized carbons (Fsp3) is 0.250. The average Bonchev–Trinajstić information content (AvgIpc) is 2.30. The highest BCUT2D eigenvalue weighted by Crippen LogP contribution is 2.26. The van der Waals surface area contributed by atoms with Gasteiger partial charge in [0.1, 0.15) is 0 Å². The van der Waals surface area contributed by atoms with E-state index in [4.69, 9.17) is 4.74 Å². The highest BCUT2D eigenvalue weighted by Gasteiger charge is 2.04. The Morgan fingerprint density at radius 2 is 2.00 bits per heavy atom. The van der Waals surface area contributed by atoms with Crippen molar-refractivity contribution in [2.75, 3.05) is 20.8 Å². The minimum Gasteiger partial charge on any atom is -0.466 e. The Balaban J connectivity index is 2.72. The lowest BCUT2D eigenvalue weighted by atomic mass is 10.4. The summed E-state index contributed by atoms with van der Waals surface area (Å²) in [5.41, 5.74) is 0. The molecular formula is C12H14O3S. The number of methoxy groups -OCH3 is 2. The molecule has 0 saturated heterocycles. The summed E-state index contributed by atoms with van der Waals surface area (Å²) in [7, 11) is 2.95. The highest BCUT2D eigenvalue weighted by atomic mass is 32.2. The van der Waals surface area contributed by atoms with Crippen LogP contribution in [0.4, 0.5) is 0 Å². The Labute approximate surface area is 99.4 Å². The van der Waals surface area contributed by atoms with Crippen LogP contribution in [0.15, 0.2) is 46.2 Å². The van der Waals surface area contributed by atoms with Crippen LogP contribution >= 0.6 is 11.8 Å². The molecule has 3 nitrogen and oxygen atoms in total. The predicted molar refractivity (Wildman–Crippen MR) is 64.3 cm³/mol. The zero-order valence-corrected chi connectivity index (χ0v) is 10.1. The molecule has 0 saturated carbocycles. The average molecular weight is 238 g/mol. The Kier molecular flexibility index (Phi) is 5.67. The van der Waals surface area contributed by atoms with E-state index in [1.807, 2.05) is 30.3 Å². The van der Waals surface area contributed by atoms with E-state index in [2.05, 4.69) is 4.74 Å². The quantitative estimate of drug-likeness (QED) is 0.448. The summed E-state index contributed by atoms with van der Waals surface area (Å²) in [4.78, 5) is 13.0. The topological polar surface area (TPSA) is 35.5 Å². The molecule has 0 amide bonds. The second-order valence-electron chi connectivity index (χ2n) is 2.98. The van der Waals surface area contributed by atoms with Crippen molar-refractivity contribution in [3.8, 4) is 0 Å². The standard InChI is InChI=1S/C12H14O3S/c1-14-9-11(8-12(13)15-2)16-10-6-4-3-5-7-10/h3-8H,9H2,1-2H3/b11-8+. The Bertz CT molecular complexity index is 360. The minimum atomic E-state index is -0.365. The molecule has 0 N–H and O–H groups in total. The third-order valence-electron chi connectivity index (χ3n) is 1.76. The first-order valence-electron chi connectivity index (χ1n) is 4.76. The molecule has 0 radical (unpaired) electrons. The second kappa shape index (κ2) is 7.09. The fourth-order valence-electron chi connectivity index (χ4n) is 1.07. The maximum absolute atomic E-state index is 11.1. The van der Waals surface area contributed by atoms with Gasteiger partial charge >= 0.3 is 5.97 Å². The first-order chi connectivity index (χ1) is 7.76. The lowest BCUT2D eigenvalue weighted by Gasteiger charge is -2.05. The number of carbonyl (C=O) groups excluding carboxylic acids is 1. The molecule has 0 unspecified atom stereocenters. The molecule has 0 fully saturated rings. The van der Waals surface area contributed by atoms with Gasteiger partial charge in [-0.2, -0.15) is 0 Å². The SMILES string of the molecule is COC/C(=C\C(=O)OC)Sc1ccccc1. The van der Waals surface area contributed by atoms with Crippen LogP contribution in [0.3, 0.4) is 0 Å². The number of ether oxygens (including phenoxy) is 2. The summed E-state index contributed by atoms with van der Waals surface area (Å²) in [5.74, 6) is -0.365. The van der Waals surface area contributed by atoms with E-state index in [9.17, 15) is 4.79 Å². The van der Waals surface area contributed by atoms with E-state index in [-0.39, 0.29) is 5.97 Å². The van der Waals surface area contributed by atoms with Crippen LogP contribution < -0.4 is 0 Å². The predicted octanol–water partition coefficient (Wildman–Crippen LogP) is 2.48. The monoisotopic (exact) mass is 238 g/mol. The van der Waals surface area contributed by atoms with E-state index in [0.717, 1.165) is 9.80 Å². The Morgan fingerprint density at radius 3 is 2.56 bits per heavy atom. The first kappa shape index (κ1) is 12.8. The molecule has 0 atom stereocenters. The summed E-state index contributed by atoms with van der Waals surface area (Å²) < 4.78 is 9.61. The van der Waals surface area contributed by atoms with Crippen molar-refractivity contribution in [3.05, 3.63) is 41.3 Å². The normalized spacial score (nSPS) is 11.2. The van der Waals surface area contributed by atoms with Crippen molar-refractivity contribution in [2.24, 2.45) is 0 Å². The van der Waals surface area contributed by atoms with E-state index in [1.165, 1.54) is 24.9 Å². The molecular weight excluding hydrogens is 224 g/mol. The molecule has 16 heavy (non-hydrogen) atoms. The molecule has 4 heteroatoms. The minimum absolute atomic E-state index is 0.365. The van der Waals surface area contributed by atoms with E-state index < -0.39 is 0 Å². The number of carbonyl (C=O) groups is 1. The maximum Gasteiger partial charge on any atom is 0.331 e. The lowest BCUT2D eigenvalue weighted by molar-refractivity contribution is -0.134. The van der Waals surface area contributed by atoms with E-state index in [1.54, 1.807) is 7.11 Å². The zero-order chi connectivity index (χ0) is 11.8. The van der Waals surface area contributed by atoms with Crippen LogP contribution in [0.5, 0.6) is 0 Å². The Morgan fingerprint density at radius 1 is 1.31 bits per heavy atom. The van der Waals surface area contributed by atoms with Crippen molar-refractivity contribution in [1.82, 2.24) is 0 Å². The molecule has 0 heterocycles. The second-order valence-corrected chi connectivity index (χ2v) is 4.18. The van der Waals surface area contributed by atoms with Gasteiger partial charge < -0.3 is 9.47 Å². The molecule has 0 bridgehead atoms. The number of esters is 1. The van der Waals surface area contributed by atoms with Crippen LogP contribution in [-0.2, 0) is 14.3 Å². The van der Waals surface area contributed by atoms with Gasteiger partial charge in [-0.3, -0.25) is 0 Å². The van der Waals surface area contributed by atoms with Crippen LogP contribution in [0.25, 0.3) is 0 Å². The van der Waals surface area contributed by atoms with Crippen LogP contribution in [0, 0.1) is 0 Å². The van der Waals surface area contributed by atoms with Gasteiger partial charge in [-0.05, 0) is 12.1 Å². The van der Waals surface area contributed by atoms with Gasteiger partial charge in [0, 0.05) is 23.0 Å². The van der Waals surface area contributed by atoms with E-state index in [0.29, 0.717) is 6.61 Å². The molecule has 0 aromatic heterocycles. The van der Waals surface area contributed by atoms with Gasteiger partial charge in [0.15, 0.2) is 0 Å². The summed E-state index contributed by atoms with van der Waals surface area (Å²) in [6.45, 7) is 0.397. The van der Waals surface area contributed by atoms with Gasteiger partial charge in [-0.15, -0.1) is 0 Å². The molecule has 0 aliphatic carbocycles. The third kappa shape index (κ3) is 4.51. The van der Waals surface area contributed by atoms with Crippen molar-refractivity contribution >= 4 is 17.7 Å². The highest BCUT2D eigenvalue weighted by molar-refractivity contribution is 8.03. The number of rotatable bonds is 5. The number of hydrogen-bond donors (Lipinski definition) is 0. The number of thioether (sulfide) groups is 1. The third-order valence-corrected chi connectivity index (χ3v) is 2.76. The van der Waals surface area contributed by atoms with Gasteiger partial charge in [0.25, 0.3) is 0 Å². The Hall–Kier alpha value is -1.26. The number of benzene rings is 1. The van der Waals surface area contributed by atoms with Crippen LogP contribution in [0.2, 0.25) is 0 Å². The summed E-state index contributed by atoms with van der Waals surface area (Å²) in [6.07, 6.45) is 1.45. The number of hydrogen-bond acceptors (Lipinski definition) is 4. The van der Waals surface area contributed by atoms with Crippen molar-refractivity contribution in [2.45, 2.75) is 4.90 Å². The molecule has 1 rings (SSSR count). The fourth-order valence-corrected chi connectivity index (χ4v) is 2.00. The van der Waals surface area contributed by atoms with Gasteiger partial charge in [0.05, 0.1) is 13.7 Å². The maximum atomic E-state index is 11.1. The molecule has 0 spiro atoms. The van der Waals surface area contributed by atoms with Crippen molar-refractivity contribution in [1.29, 1.82) is 0 Å². The zero-order valence-electron chi connectivity index (χ0n) is 9.30.